The lowest BCUT2D eigenvalue weighted by atomic mass is 10.1. The molecule has 1 aliphatic rings. The van der Waals surface area contributed by atoms with Gasteiger partial charge in [-0.05, 0) is 6.42 Å². The molecule has 6 heteroatoms. The maximum absolute atomic E-state index is 11.3. The van der Waals surface area contributed by atoms with Crippen LogP contribution in [-0.4, -0.2) is 50.1 Å². The largest absolute Gasteiger partial charge is 0.342 e. The fourth-order valence-corrected chi connectivity index (χ4v) is 2.16. The Morgan fingerprint density at radius 2 is 2.00 bits per heavy atom. The predicted molar refractivity (Wildman–Crippen MR) is 55.1 cm³/mol. The van der Waals surface area contributed by atoms with Gasteiger partial charge in [0.15, 0.2) is 0 Å². The van der Waals surface area contributed by atoms with Crippen LogP contribution in [0.25, 0.3) is 0 Å². The Bertz CT molecular complexity index is 360. The van der Waals surface area contributed by atoms with E-state index in [0.29, 0.717) is 25.9 Å². The zero-order valence-corrected chi connectivity index (χ0v) is 9.55. The van der Waals surface area contributed by atoms with E-state index in [2.05, 4.69) is 0 Å². The highest BCUT2D eigenvalue weighted by Gasteiger charge is 2.23. The summed E-state index contributed by atoms with van der Waals surface area (Å²) >= 11 is 0. The molecular weight excluding hydrogens is 218 g/mol. The number of carbonyl (C=O) groups excluding carboxylic acids is 2. The zero-order valence-electron chi connectivity index (χ0n) is 8.73. The molecule has 0 bridgehead atoms. The Hall–Kier alpha value is -0.910. The Balaban J connectivity index is 2.33. The molecule has 0 aromatic carbocycles. The quantitative estimate of drug-likeness (QED) is 0.620. The van der Waals surface area contributed by atoms with Crippen molar-refractivity contribution in [3.8, 4) is 0 Å². The lowest BCUT2D eigenvalue weighted by molar-refractivity contribution is -0.139. The van der Waals surface area contributed by atoms with Crippen LogP contribution in [0.1, 0.15) is 19.3 Å². The van der Waals surface area contributed by atoms with Crippen molar-refractivity contribution in [1.29, 1.82) is 0 Å². The topological polar surface area (TPSA) is 71.5 Å². The molecule has 1 fully saturated rings. The molecule has 86 valence electrons. The van der Waals surface area contributed by atoms with Crippen LogP contribution >= 0.6 is 0 Å². The number of likely N-dealkylation sites (tertiary alicyclic amines) is 1. The van der Waals surface area contributed by atoms with Crippen LogP contribution < -0.4 is 0 Å². The molecular formula is C9H15NO4S. The summed E-state index contributed by atoms with van der Waals surface area (Å²) in [7, 11) is -2.96. The third kappa shape index (κ3) is 4.42. The average Bonchev–Trinajstić information content (AvgIpc) is 2.07. The minimum atomic E-state index is -2.96. The number of hydrogen-bond donors (Lipinski definition) is 0. The van der Waals surface area contributed by atoms with Gasteiger partial charge in [0.25, 0.3) is 0 Å². The molecule has 1 aliphatic heterocycles. The van der Waals surface area contributed by atoms with Gasteiger partial charge in [0.05, 0.1) is 12.2 Å². The van der Waals surface area contributed by atoms with E-state index in [1.165, 1.54) is 6.26 Å². The fraction of sp³-hybridized carbons (Fsp3) is 0.778. The maximum atomic E-state index is 11.3. The normalized spacial score (nSPS) is 18.3. The van der Waals surface area contributed by atoms with Gasteiger partial charge in [-0.2, -0.15) is 0 Å². The minimum absolute atomic E-state index is 0.0284. The smallest absolute Gasteiger partial charge is 0.230 e. The number of Topliss-reactive ketones (excluding diaryl/α,β-unsaturated/α-hetero) is 1. The van der Waals surface area contributed by atoms with Gasteiger partial charge in [-0.3, -0.25) is 9.59 Å². The molecule has 0 aromatic rings. The van der Waals surface area contributed by atoms with Gasteiger partial charge < -0.3 is 4.90 Å². The number of ketones is 1. The molecule has 0 radical (unpaired) electrons. The highest BCUT2D eigenvalue weighted by molar-refractivity contribution is 7.90. The molecule has 0 aromatic heterocycles. The first-order valence-electron chi connectivity index (χ1n) is 4.86. The SMILES string of the molecule is CS(=O)(=O)CCCN1CCC(=O)CC1=O. The lowest BCUT2D eigenvalue weighted by Crippen LogP contribution is -2.39. The molecule has 5 nitrogen and oxygen atoms in total. The van der Waals surface area contributed by atoms with Crippen LogP contribution in [0, 0.1) is 0 Å². The van der Waals surface area contributed by atoms with Gasteiger partial charge in [-0.25, -0.2) is 8.42 Å². The van der Waals surface area contributed by atoms with E-state index in [1.807, 2.05) is 0 Å². The molecule has 1 saturated heterocycles. The third-order valence-corrected chi connectivity index (χ3v) is 3.34. The Morgan fingerprint density at radius 1 is 1.33 bits per heavy atom. The van der Waals surface area contributed by atoms with E-state index in [4.69, 9.17) is 0 Å². The van der Waals surface area contributed by atoms with E-state index in [-0.39, 0.29) is 23.9 Å². The average molecular weight is 233 g/mol. The van der Waals surface area contributed by atoms with Gasteiger partial charge in [0.2, 0.25) is 5.91 Å². The highest BCUT2D eigenvalue weighted by Crippen LogP contribution is 2.08. The number of amides is 1. The van der Waals surface area contributed by atoms with Crippen molar-refractivity contribution in [2.75, 3.05) is 25.1 Å². The number of piperidine rings is 1. The molecule has 0 saturated carbocycles. The summed E-state index contributed by atoms with van der Waals surface area (Å²) in [6.45, 7) is 0.862. The van der Waals surface area contributed by atoms with E-state index >= 15 is 0 Å². The Morgan fingerprint density at radius 3 is 2.53 bits per heavy atom. The van der Waals surface area contributed by atoms with Gasteiger partial charge in [0.1, 0.15) is 15.6 Å². The van der Waals surface area contributed by atoms with Crippen LogP contribution in [-0.2, 0) is 19.4 Å². The molecule has 1 rings (SSSR count). The van der Waals surface area contributed by atoms with Crippen molar-refractivity contribution in [3.05, 3.63) is 0 Å². The number of rotatable bonds is 4. The number of sulfone groups is 1. The second-order valence-corrected chi connectivity index (χ2v) is 6.09. The fourth-order valence-electron chi connectivity index (χ4n) is 1.51. The standard InChI is InChI=1S/C9H15NO4S/c1-15(13,14)6-2-4-10-5-3-8(11)7-9(10)12/h2-7H2,1H3. The van der Waals surface area contributed by atoms with Crippen LogP contribution in [0.15, 0.2) is 0 Å². The second-order valence-electron chi connectivity index (χ2n) is 3.83. The Labute approximate surface area is 89.4 Å². The first-order valence-corrected chi connectivity index (χ1v) is 6.92. The minimum Gasteiger partial charge on any atom is -0.342 e. The van der Waals surface area contributed by atoms with Crippen LogP contribution in [0.3, 0.4) is 0 Å². The summed E-state index contributed by atoms with van der Waals surface area (Å²) in [4.78, 5) is 23.8. The van der Waals surface area contributed by atoms with E-state index in [1.54, 1.807) is 4.90 Å². The lowest BCUT2D eigenvalue weighted by Gasteiger charge is -2.25. The van der Waals surface area contributed by atoms with Gasteiger partial charge in [-0.15, -0.1) is 0 Å². The monoisotopic (exact) mass is 233 g/mol. The molecule has 1 heterocycles. The third-order valence-electron chi connectivity index (χ3n) is 2.30. The number of carbonyl (C=O) groups is 2. The molecule has 0 N–H and O–H groups in total. The van der Waals surface area contributed by atoms with E-state index < -0.39 is 9.84 Å². The second kappa shape index (κ2) is 4.74. The van der Waals surface area contributed by atoms with Crippen molar-refractivity contribution in [1.82, 2.24) is 4.90 Å². The van der Waals surface area contributed by atoms with Crippen LogP contribution in [0.2, 0.25) is 0 Å². The molecule has 0 atom stereocenters. The van der Waals surface area contributed by atoms with Crippen LogP contribution in [0.5, 0.6) is 0 Å². The molecule has 1 amide bonds. The van der Waals surface area contributed by atoms with Gasteiger partial charge in [0, 0.05) is 25.8 Å². The summed E-state index contributed by atoms with van der Waals surface area (Å²) in [5.41, 5.74) is 0. The molecule has 0 unspecified atom stereocenters. The summed E-state index contributed by atoms with van der Waals surface area (Å²) in [5.74, 6) is -0.121. The first kappa shape index (κ1) is 12.2. The summed E-state index contributed by atoms with van der Waals surface area (Å²) in [6, 6.07) is 0. The summed E-state index contributed by atoms with van der Waals surface area (Å²) in [5, 5.41) is 0. The van der Waals surface area contributed by atoms with Crippen molar-refractivity contribution in [3.63, 3.8) is 0 Å². The van der Waals surface area contributed by atoms with E-state index in [0.717, 1.165) is 0 Å². The summed E-state index contributed by atoms with van der Waals surface area (Å²) in [6.07, 6.45) is 1.98. The van der Waals surface area contributed by atoms with Gasteiger partial charge in [-0.1, -0.05) is 0 Å². The molecule has 15 heavy (non-hydrogen) atoms. The molecule has 0 aliphatic carbocycles. The predicted octanol–water partition coefficient (Wildman–Crippen LogP) is -0.387. The van der Waals surface area contributed by atoms with Crippen molar-refractivity contribution in [2.24, 2.45) is 0 Å². The highest BCUT2D eigenvalue weighted by atomic mass is 32.2. The van der Waals surface area contributed by atoms with E-state index in [9.17, 15) is 18.0 Å². The first-order chi connectivity index (χ1) is 6.88. The number of hydrogen-bond acceptors (Lipinski definition) is 4. The van der Waals surface area contributed by atoms with Crippen molar-refractivity contribution < 1.29 is 18.0 Å². The Kier molecular flexibility index (Phi) is 3.84. The van der Waals surface area contributed by atoms with Crippen LogP contribution in [0.4, 0.5) is 0 Å². The summed E-state index contributed by atoms with van der Waals surface area (Å²) < 4.78 is 21.7. The van der Waals surface area contributed by atoms with Gasteiger partial charge >= 0.3 is 0 Å². The number of nitrogens with zero attached hydrogens (tertiary/aromatic N) is 1. The van der Waals surface area contributed by atoms with Crippen molar-refractivity contribution >= 4 is 21.5 Å². The zero-order chi connectivity index (χ0) is 11.5. The van der Waals surface area contributed by atoms with Crippen molar-refractivity contribution in [2.45, 2.75) is 19.3 Å². The maximum Gasteiger partial charge on any atom is 0.230 e. The molecule has 0 spiro atoms.